The maximum atomic E-state index is 13.7. The highest BCUT2D eigenvalue weighted by Gasteiger charge is 2.24. The normalized spacial score (nSPS) is 21.1. The Kier molecular flexibility index (Phi) is 4.91. The summed E-state index contributed by atoms with van der Waals surface area (Å²) in [5.41, 5.74) is 0.253. The number of nitrogens with one attached hydrogen (secondary N) is 1. The lowest BCUT2D eigenvalue weighted by atomic mass is 9.91. The molecule has 1 heterocycles. The number of amides is 1. The number of halogens is 2. The summed E-state index contributed by atoms with van der Waals surface area (Å²) in [5, 5.41) is 11.1. The molecule has 0 radical (unpaired) electrons. The Labute approximate surface area is 138 Å². The van der Waals surface area contributed by atoms with Crippen LogP contribution in [0, 0.1) is 5.82 Å². The molecule has 1 fully saturated rings. The summed E-state index contributed by atoms with van der Waals surface area (Å²) < 4.78 is 15.6. The number of benzene rings is 1. The fourth-order valence-electron chi connectivity index (χ4n) is 3.04. The molecule has 7 heteroatoms. The number of aromatic nitrogens is 3. The zero-order valence-electron chi connectivity index (χ0n) is 12.6. The third kappa shape index (κ3) is 3.88. The van der Waals surface area contributed by atoms with Gasteiger partial charge in [-0.1, -0.05) is 22.9 Å². The van der Waals surface area contributed by atoms with Gasteiger partial charge in [-0.3, -0.25) is 4.79 Å². The Morgan fingerprint density at radius 1 is 1.35 bits per heavy atom. The van der Waals surface area contributed by atoms with Gasteiger partial charge in [-0.05, 0) is 37.8 Å². The van der Waals surface area contributed by atoms with Crippen molar-refractivity contribution in [1.29, 1.82) is 0 Å². The molecule has 1 amide bonds. The predicted molar refractivity (Wildman–Crippen MR) is 84.6 cm³/mol. The number of carbonyl (C=O) groups excluding carboxylic acids is 1. The fourth-order valence-corrected chi connectivity index (χ4v) is 3.27. The van der Waals surface area contributed by atoms with Gasteiger partial charge in [0.15, 0.2) is 0 Å². The van der Waals surface area contributed by atoms with Crippen LogP contribution in [0.25, 0.3) is 0 Å². The Balaban J connectivity index is 1.51. The molecule has 0 atom stereocenters. The van der Waals surface area contributed by atoms with Gasteiger partial charge in [0.2, 0.25) is 5.91 Å². The van der Waals surface area contributed by atoms with E-state index >= 15 is 0 Å². The second kappa shape index (κ2) is 7.08. The van der Waals surface area contributed by atoms with Crippen molar-refractivity contribution in [2.24, 2.45) is 0 Å². The summed E-state index contributed by atoms with van der Waals surface area (Å²) >= 11 is 5.96. The summed E-state index contributed by atoms with van der Waals surface area (Å²) in [5.74, 6) is -0.635. The van der Waals surface area contributed by atoms with E-state index in [1.54, 1.807) is 12.3 Å². The molecular weight excluding hydrogens is 319 g/mol. The van der Waals surface area contributed by atoms with Crippen LogP contribution in [-0.2, 0) is 11.2 Å². The Morgan fingerprint density at radius 2 is 2.13 bits per heavy atom. The van der Waals surface area contributed by atoms with Crippen LogP contribution in [0.1, 0.15) is 37.3 Å². The largest absolute Gasteiger partial charge is 0.353 e. The van der Waals surface area contributed by atoms with Gasteiger partial charge >= 0.3 is 0 Å². The highest BCUT2D eigenvalue weighted by Crippen LogP contribution is 2.27. The minimum Gasteiger partial charge on any atom is -0.353 e. The van der Waals surface area contributed by atoms with Gasteiger partial charge in [-0.2, -0.15) is 0 Å². The van der Waals surface area contributed by atoms with Crippen molar-refractivity contribution in [2.75, 3.05) is 0 Å². The Morgan fingerprint density at radius 3 is 2.78 bits per heavy atom. The molecule has 3 rings (SSSR count). The number of rotatable bonds is 4. The fraction of sp³-hybridized carbons (Fsp3) is 0.438. The zero-order chi connectivity index (χ0) is 16.2. The van der Waals surface area contributed by atoms with E-state index in [2.05, 4.69) is 15.6 Å². The molecule has 1 aromatic heterocycles. The third-order valence-corrected chi connectivity index (χ3v) is 4.63. The average Bonchev–Trinajstić information content (AvgIpc) is 3.06. The van der Waals surface area contributed by atoms with Gasteiger partial charge < -0.3 is 5.32 Å². The molecule has 0 spiro atoms. The molecule has 0 aliphatic heterocycles. The molecule has 1 aliphatic rings. The van der Waals surface area contributed by atoms with Crippen LogP contribution in [0.15, 0.2) is 30.6 Å². The quantitative estimate of drug-likeness (QED) is 0.934. The van der Waals surface area contributed by atoms with Gasteiger partial charge in [0, 0.05) is 22.8 Å². The molecule has 1 saturated carbocycles. The molecule has 1 aromatic carbocycles. The first-order valence-corrected chi connectivity index (χ1v) is 8.09. The smallest absolute Gasteiger partial charge is 0.224 e. The maximum absolute atomic E-state index is 13.7. The van der Waals surface area contributed by atoms with E-state index in [9.17, 15) is 9.18 Å². The second-order valence-electron chi connectivity index (χ2n) is 5.83. The van der Waals surface area contributed by atoms with E-state index in [1.165, 1.54) is 12.1 Å². The van der Waals surface area contributed by atoms with Crippen molar-refractivity contribution in [2.45, 2.75) is 44.2 Å². The minimum absolute atomic E-state index is 0.0332. The Bertz CT molecular complexity index is 648. The van der Waals surface area contributed by atoms with E-state index in [0.717, 1.165) is 25.7 Å². The Hall–Kier alpha value is -1.95. The monoisotopic (exact) mass is 336 g/mol. The van der Waals surface area contributed by atoms with Gasteiger partial charge in [-0.15, -0.1) is 5.10 Å². The molecule has 122 valence electrons. The molecule has 2 aromatic rings. The molecule has 0 saturated heterocycles. The first-order valence-electron chi connectivity index (χ1n) is 7.71. The van der Waals surface area contributed by atoms with Gasteiger partial charge in [-0.25, -0.2) is 9.07 Å². The highest BCUT2D eigenvalue weighted by molar-refractivity contribution is 6.31. The molecular formula is C16H18ClFN4O. The molecule has 0 bridgehead atoms. The van der Waals surface area contributed by atoms with Crippen molar-refractivity contribution >= 4 is 17.5 Å². The van der Waals surface area contributed by atoms with E-state index in [1.807, 2.05) is 10.9 Å². The van der Waals surface area contributed by atoms with E-state index in [4.69, 9.17) is 11.6 Å². The first kappa shape index (κ1) is 15.9. The minimum atomic E-state index is -0.442. The van der Waals surface area contributed by atoms with E-state index in [0.29, 0.717) is 6.04 Å². The van der Waals surface area contributed by atoms with Gasteiger partial charge in [0.1, 0.15) is 5.82 Å². The molecule has 1 aliphatic carbocycles. The van der Waals surface area contributed by atoms with Gasteiger partial charge in [0.05, 0.1) is 18.7 Å². The summed E-state index contributed by atoms with van der Waals surface area (Å²) in [7, 11) is 0. The van der Waals surface area contributed by atoms with Gasteiger partial charge in [0.25, 0.3) is 0 Å². The number of nitrogens with zero attached hydrogens (tertiary/aromatic N) is 3. The van der Waals surface area contributed by atoms with Crippen molar-refractivity contribution < 1.29 is 9.18 Å². The van der Waals surface area contributed by atoms with Crippen molar-refractivity contribution in [3.8, 4) is 0 Å². The summed E-state index contributed by atoms with van der Waals surface area (Å²) in [4.78, 5) is 12.1. The van der Waals surface area contributed by atoms with Crippen LogP contribution in [0.5, 0.6) is 0 Å². The number of hydrogen-bond acceptors (Lipinski definition) is 3. The van der Waals surface area contributed by atoms with E-state index in [-0.39, 0.29) is 29.0 Å². The third-order valence-electron chi connectivity index (χ3n) is 4.28. The van der Waals surface area contributed by atoms with Crippen LogP contribution in [0.2, 0.25) is 5.02 Å². The lowest BCUT2D eigenvalue weighted by Gasteiger charge is -2.29. The molecule has 23 heavy (non-hydrogen) atoms. The van der Waals surface area contributed by atoms with Crippen molar-refractivity contribution in [3.05, 3.63) is 47.0 Å². The molecule has 1 N–H and O–H groups in total. The van der Waals surface area contributed by atoms with Crippen LogP contribution in [-0.4, -0.2) is 26.9 Å². The van der Waals surface area contributed by atoms with Crippen LogP contribution >= 0.6 is 11.6 Å². The highest BCUT2D eigenvalue weighted by atomic mass is 35.5. The zero-order valence-corrected chi connectivity index (χ0v) is 13.3. The van der Waals surface area contributed by atoms with Crippen LogP contribution in [0.4, 0.5) is 4.39 Å². The summed E-state index contributed by atoms with van der Waals surface area (Å²) in [6, 6.07) is 4.90. The maximum Gasteiger partial charge on any atom is 0.224 e. The summed E-state index contributed by atoms with van der Waals surface area (Å²) in [6.07, 6.45) is 7.14. The molecule has 5 nitrogen and oxygen atoms in total. The first-order chi connectivity index (χ1) is 11.1. The average molecular weight is 337 g/mol. The number of carbonyl (C=O) groups is 1. The van der Waals surface area contributed by atoms with Crippen molar-refractivity contribution in [3.63, 3.8) is 0 Å². The predicted octanol–water partition coefficient (Wildman–Crippen LogP) is 2.91. The summed E-state index contributed by atoms with van der Waals surface area (Å²) in [6.45, 7) is 0. The second-order valence-corrected chi connectivity index (χ2v) is 6.24. The SMILES string of the molecule is O=C(Cc1c(F)cccc1Cl)NC1CCC(n2ccnn2)CC1. The van der Waals surface area contributed by atoms with Crippen LogP contribution < -0.4 is 5.32 Å². The van der Waals surface area contributed by atoms with Crippen molar-refractivity contribution in [1.82, 2.24) is 20.3 Å². The lowest BCUT2D eigenvalue weighted by Crippen LogP contribution is -2.39. The van der Waals surface area contributed by atoms with Crippen LogP contribution in [0.3, 0.4) is 0 Å². The lowest BCUT2D eigenvalue weighted by molar-refractivity contribution is -0.121. The van der Waals surface area contributed by atoms with E-state index < -0.39 is 5.82 Å². The topological polar surface area (TPSA) is 59.8 Å². The number of hydrogen-bond donors (Lipinski definition) is 1. The standard InChI is InChI=1S/C16H18ClFN4O/c17-14-2-1-3-15(18)13(14)10-16(23)20-11-4-6-12(7-5-11)22-9-8-19-21-22/h1-3,8-9,11-12H,4-7,10H2,(H,20,23). The molecule has 0 unspecified atom stereocenters.